The molecule has 0 unspecified atom stereocenters. The number of ether oxygens (including phenoxy) is 1. The maximum atomic E-state index is 9.69. The average Bonchev–Trinajstić information content (AvgIpc) is 2.27. The van der Waals surface area contributed by atoms with Gasteiger partial charge in [0.15, 0.2) is 0 Å². The second kappa shape index (κ2) is 6.84. The highest BCUT2D eigenvalue weighted by atomic mass is 35.5. The van der Waals surface area contributed by atoms with Crippen LogP contribution in [0.15, 0.2) is 18.2 Å². The summed E-state index contributed by atoms with van der Waals surface area (Å²) in [6.45, 7) is 6.79. The highest BCUT2D eigenvalue weighted by molar-refractivity contribution is 6.32. The quantitative estimate of drug-likeness (QED) is 0.822. The van der Waals surface area contributed by atoms with E-state index in [0.29, 0.717) is 23.4 Å². The fraction of sp³-hybridized carbons (Fsp3) is 0.538. The molecule has 17 heavy (non-hydrogen) atoms. The molecule has 0 saturated carbocycles. The lowest BCUT2D eigenvalue weighted by Gasteiger charge is -2.15. The van der Waals surface area contributed by atoms with Crippen molar-refractivity contribution in [3.05, 3.63) is 28.8 Å². The van der Waals surface area contributed by atoms with E-state index < -0.39 is 6.10 Å². The topological polar surface area (TPSA) is 41.5 Å². The van der Waals surface area contributed by atoms with Crippen LogP contribution in [0.25, 0.3) is 0 Å². The van der Waals surface area contributed by atoms with Crippen molar-refractivity contribution < 1.29 is 9.84 Å². The normalized spacial score (nSPS) is 12.8. The zero-order chi connectivity index (χ0) is 12.8. The molecule has 0 heterocycles. The number of hydrogen-bond acceptors (Lipinski definition) is 3. The molecule has 0 aliphatic heterocycles. The largest absolute Gasteiger partial charge is 0.489 e. The van der Waals surface area contributed by atoms with Gasteiger partial charge in [0.2, 0.25) is 0 Å². The molecule has 1 rings (SSSR count). The molecule has 0 amide bonds. The van der Waals surface area contributed by atoms with Gasteiger partial charge >= 0.3 is 0 Å². The summed E-state index contributed by atoms with van der Waals surface area (Å²) in [7, 11) is 0. The van der Waals surface area contributed by atoms with Gasteiger partial charge in [0.05, 0.1) is 5.02 Å². The van der Waals surface area contributed by atoms with Crippen LogP contribution >= 0.6 is 11.6 Å². The molecular weight excluding hydrogens is 238 g/mol. The number of aliphatic hydroxyl groups excluding tert-OH is 1. The van der Waals surface area contributed by atoms with Gasteiger partial charge in [-0.15, -0.1) is 0 Å². The van der Waals surface area contributed by atoms with Gasteiger partial charge in [-0.25, -0.2) is 0 Å². The lowest BCUT2D eigenvalue weighted by molar-refractivity contribution is 0.104. The van der Waals surface area contributed by atoms with Crippen molar-refractivity contribution >= 4 is 11.6 Å². The fourth-order valence-corrected chi connectivity index (χ4v) is 1.51. The second-order valence-electron chi connectivity index (χ2n) is 4.46. The summed E-state index contributed by atoms with van der Waals surface area (Å²) in [6, 6.07) is 5.94. The molecule has 1 aromatic rings. The van der Waals surface area contributed by atoms with Gasteiger partial charge in [-0.2, -0.15) is 0 Å². The molecule has 1 atom stereocenters. The van der Waals surface area contributed by atoms with E-state index in [0.717, 1.165) is 5.56 Å². The monoisotopic (exact) mass is 257 g/mol. The molecular formula is C13H20ClNO2. The van der Waals surface area contributed by atoms with E-state index in [2.05, 4.69) is 5.32 Å². The number of hydrogen-bond donors (Lipinski definition) is 2. The predicted molar refractivity (Wildman–Crippen MR) is 70.8 cm³/mol. The van der Waals surface area contributed by atoms with Crippen LogP contribution in [0, 0.1) is 6.92 Å². The SMILES string of the molecule is Cc1ccc(Cl)c(OC[C@@H](O)CNC(C)C)c1. The summed E-state index contributed by atoms with van der Waals surface area (Å²) < 4.78 is 5.49. The van der Waals surface area contributed by atoms with Gasteiger partial charge < -0.3 is 15.2 Å². The zero-order valence-corrected chi connectivity index (χ0v) is 11.3. The highest BCUT2D eigenvalue weighted by Gasteiger charge is 2.08. The molecule has 0 fully saturated rings. The minimum absolute atomic E-state index is 0.239. The van der Waals surface area contributed by atoms with Crippen molar-refractivity contribution in [1.29, 1.82) is 0 Å². The zero-order valence-electron chi connectivity index (χ0n) is 10.5. The summed E-state index contributed by atoms with van der Waals surface area (Å²) in [5.41, 5.74) is 1.08. The van der Waals surface area contributed by atoms with E-state index in [1.165, 1.54) is 0 Å². The standard InChI is InChI=1S/C13H20ClNO2/c1-9(2)15-7-11(16)8-17-13-6-10(3)4-5-12(13)14/h4-6,9,11,15-16H,7-8H2,1-3H3/t11-/m0/s1. The van der Waals surface area contributed by atoms with E-state index in [9.17, 15) is 5.11 Å². The second-order valence-corrected chi connectivity index (χ2v) is 4.87. The van der Waals surface area contributed by atoms with Gasteiger partial charge in [-0.1, -0.05) is 31.5 Å². The summed E-state index contributed by atoms with van der Waals surface area (Å²) in [5.74, 6) is 0.621. The Balaban J connectivity index is 2.41. The molecule has 96 valence electrons. The summed E-state index contributed by atoms with van der Waals surface area (Å²) >= 11 is 5.98. The number of benzene rings is 1. The van der Waals surface area contributed by atoms with Crippen LogP contribution in [-0.4, -0.2) is 30.4 Å². The molecule has 0 radical (unpaired) electrons. The van der Waals surface area contributed by atoms with Crippen LogP contribution in [0.1, 0.15) is 19.4 Å². The summed E-state index contributed by atoms with van der Waals surface area (Å²) in [6.07, 6.45) is -0.533. The average molecular weight is 258 g/mol. The van der Waals surface area contributed by atoms with Gasteiger partial charge in [0, 0.05) is 12.6 Å². The first-order valence-electron chi connectivity index (χ1n) is 5.79. The smallest absolute Gasteiger partial charge is 0.138 e. The van der Waals surface area contributed by atoms with Gasteiger partial charge in [-0.05, 0) is 24.6 Å². The van der Waals surface area contributed by atoms with E-state index in [1.807, 2.05) is 32.9 Å². The molecule has 4 heteroatoms. The molecule has 3 nitrogen and oxygen atoms in total. The maximum absolute atomic E-state index is 9.69. The van der Waals surface area contributed by atoms with E-state index in [4.69, 9.17) is 16.3 Å². The van der Waals surface area contributed by atoms with E-state index >= 15 is 0 Å². The van der Waals surface area contributed by atoms with Crippen molar-refractivity contribution in [1.82, 2.24) is 5.32 Å². The molecule has 0 spiro atoms. The van der Waals surface area contributed by atoms with Crippen LogP contribution in [0.2, 0.25) is 5.02 Å². The van der Waals surface area contributed by atoms with Gasteiger partial charge in [0.1, 0.15) is 18.5 Å². The Morgan fingerprint density at radius 2 is 2.12 bits per heavy atom. The van der Waals surface area contributed by atoms with E-state index in [-0.39, 0.29) is 6.61 Å². The fourth-order valence-electron chi connectivity index (χ4n) is 1.34. The molecule has 0 aromatic heterocycles. The van der Waals surface area contributed by atoms with Crippen molar-refractivity contribution in [2.45, 2.75) is 32.9 Å². The Labute approximate surface area is 108 Å². The minimum atomic E-state index is -0.533. The maximum Gasteiger partial charge on any atom is 0.138 e. The van der Waals surface area contributed by atoms with Crippen molar-refractivity contribution in [3.8, 4) is 5.75 Å². The van der Waals surface area contributed by atoms with E-state index in [1.54, 1.807) is 6.07 Å². The third-order valence-corrected chi connectivity index (χ3v) is 2.59. The molecule has 2 N–H and O–H groups in total. The lowest BCUT2D eigenvalue weighted by Crippen LogP contribution is -2.35. The summed E-state index contributed by atoms with van der Waals surface area (Å²) in [4.78, 5) is 0. The molecule has 0 saturated heterocycles. The highest BCUT2D eigenvalue weighted by Crippen LogP contribution is 2.25. The third-order valence-electron chi connectivity index (χ3n) is 2.28. The molecule has 0 bridgehead atoms. The summed E-state index contributed by atoms with van der Waals surface area (Å²) in [5, 5.41) is 13.4. The minimum Gasteiger partial charge on any atom is -0.489 e. The van der Waals surface area contributed by atoms with Crippen LogP contribution in [-0.2, 0) is 0 Å². The molecule has 0 aliphatic rings. The first kappa shape index (κ1) is 14.3. The third kappa shape index (κ3) is 5.39. The van der Waals surface area contributed by atoms with Crippen LogP contribution in [0.4, 0.5) is 0 Å². The van der Waals surface area contributed by atoms with Crippen LogP contribution < -0.4 is 10.1 Å². The first-order valence-corrected chi connectivity index (χ1v) is 6.17. The molecule has 1 aromatic carbocycles. The first-order chi connectivity index (χ1) is 7.99. The number of rotatable bonds is 6. The van der Waals surface area contributed by atoms with Gasteiger partial charge in [0.25, 0.3) is 0 Å². The molecule has 0 aliphatic carbocycles. The number of aliphatic hydroxyl groups is 1. The van der Waals surface area contributed by atoms with Crippen molar-refractivity contribution in [2.75, 3.05) is 13.2 Å². The Hall–Kier alpha value is -0.770. The van der Waals surface area contributed by atoms with Crippen molar-refractivity contribution in [3.63, 3.8) is 0 Å². The van der Waals surface area contributed by atoms with Crippen LogP contribution in [0.3, 0.4) is 0 Å². The number of aryl methyl sites for hydroxylation is 1. The number of halogens is 1. The van der Waals surface area contributed by atoms with Crippen molar-refractivity contribution in [2.24, 2.45) is 0 Å². The Kier molecular flexibility index (Phi) is 5.75. The van der Waals surface area contributed by atoms with Gasteiger partial charge in [-0.3, -0.25) is 0 Å². The lowest BCUT2D eigenvalue weighted by atomic mass is 10.2. The van der Waals surface area contributed by atoms with Crippen LogP contribution in [0.5, 0.6) is 5.75 Å². The Bertz CT molecular complexity index is 355. The number of nitrogens with one attached hydrogen (secondary N) is 1. The predicted octanol–water partition coefficient (Wildman–Crippen LogP) is 2.39. The Morgan fingerprint density at radius 3 is 2.76 bits per heavy atom. The Morgan fingerprint density at radius 1 is 1.41 bits per heavy atom.